The number of pyridine rings is 1. The van der Waals surface area contributed by atoms with Crippen LogP contribution < -0.4 is 4.72 Å². The molecule has 2 heterocycles. The second-order valence-electron chi connectivity index (χ2n) is 8.39. The molecule has 0 amide bonds. The van der Waals surface area contributed by atoms with Gasteiger partial charge in [-0.15, -0.1) is 0 Å². The van der Waals surface area contributed by atoms with Crippen molar-refractivity contribution in [1.82, 2.24) is 14.6 Å². The third-order valence-corrected chi connectivity index (χ3v) is 7.25. The number of ether oxygens (including phenoxy) is 1. The minimum atomic E-state index is -3.53. The number of hydrogen-bond acceptors (Lipinski definition) is 5. The third-order valence-electron chi connectivity index (χ3n) is 5.79. The molecule has 0 spiro atoms. The molecule has 6 nitrogen and oxygen atoms in total. The Morgan fingerprint density at radius 3 is 2.41 bits per heavy atom. The Kier molecular flexibility index (Phi) is 8.60. The Morgan fingerprint density at radius 1 is 0.912 bits per heavy atom. The Morgan fingerprint density at radius 2 is 1.62 bits per heavy atom. The first kappa shape index (κ1) is 24.3. The largest absolute Gasteiger partial charge is 0.379 e. The lowest BCUT2D eigenvalue weighted by Gasteiger charge is -2.26. The van der Waals surface area contributed by atoms with Crippen LogP contribution in [0.5, 0.6) is 0 Å². The number of sulfonamides is 1. The van der Waals surface area contributed by atoms with E-state index in [0.29, 0.717) is 17.9 Å². The van der Waals surface area contributed by atoms with Crippen molar-refractivity contribution in [3.05, 3.63) is 95.3 Å². The maximum Gasteiger partial charge on any atom is 0.240 e. The summed E-state index contributed by atoms with van der Waals surface area (Å²) in [5, 5.41) is 0. The third kappa shape index (κ3) is 7.33. The summed E-state index contributed by atoms with van der Waals surface area (Å²) >= 11 is 0. The van der Waals surface area contributed by atoms with Gasteiger partial charge in [0.15, 0.2) is 0 Å². The van der Waals surface area contributed by atoms with Crippen LogP contribution in [-0.2, 0) is 21.2 Å². The fourth-order valence-electron chi connectivity index (χ4n) is 3.95. The van der Waals surface area contributed by atoms with E-state index in [-0.39, 0.29) is 0 Å². The van der Waals surface area contributed by atoms with E-state index >= 15 is 0 Å². The van der Waals surface area contributed by atoms with E-state index in [2.05, 4.69) is 45.0 Å². The quantitative estimate of drug-likeness (QED) is 0.449. The fraction of sp³-hybridized carbons (Fsp3) is 0.296. The van der Waals surface area contributed by atoms with Gasteiger partial charge >= 0.3 is 0 Å². The van der Waals surface area contributed by atoms with Gasteiger partial charge in [-0.2, -0.15) is 0 Å². The van der Waals surface area contributed by atoms with Crippen LogP contribution in [-0.4, -0.2) is 57.7 Å². The van der Waals surface area contributed by atoms with E-state index < -0.39 is 10.0 Å². The van der Waals surface area contributed by atoms with Crippen LogP contribution in [0.1, 0.15) is 28.7 Å². The first-order valence-electron chi connectivity index (χ1n) is 11.6. The molecule has 0 bridgehead atoms. The molecule has 1 saturated heterocycles. The van der Waals surface area contributed by atoms with Crippen molar-refractivity contribution < 1.29 is 13.2 Å². The van der Waals surface area contributed by atoms with Gasteiger partial charge in [0.25, 0.3) is 0 Å². The lowest BCUT2D eigenvalue weighted by molar-refractivity contribution is 0.0376. The van der Waals surface area contributed by atoms with Crippen LogP contribution in [0.3, 0.4) is 0 Å². The van der Waals surface area contributed by atoms with Crippen molar-refractivity contribution in [3.63, 3.8) is 0 Å². The van der Waals surface area contributed by atoms with Gasteiger partial charge in [-0.3, -0.25) is 9.88 Å². The lowest BCUT2D eigenvalue weighted by Crippen LogP contribution is -2.38. The van der Waals surface area contributed by atoms with Crippen LogP contribution in [0.15, 0.2) is 78.0 Å². The van der Waals surface area contributed by atoms with Gasteiger partial charge in [0, 0.05) is 32.0 Å². The molecule has 0 aliphatic carbocycles. The first-order chi connectivity index (χ1) is 16.6. The molecule has 178 valence electrons. The second-order valence-corrected chi connectivity index (χ2v) is 10.2. The van der Waals surface area contributed by atoms with Gasteiger partial charge in [0.05, 0.1) is 18.1 Å². The topological polar surface area (TPSA) is 71.5 Å². The van der Waals surface area contributed by atoms with Gasteiger partial charge in [0.1, 0.15) is 0 Å². The predicted molar refractivity (Wildman–Crippen MR) is 136 cm³/mol. The zero-order valence-corrected chi connectivity index (χ0v) is 20.1. The molecule has 7 heteroatoms. The molecular weight excluding hydrogens is 446 g/mol. The molecule has 1 fully saturated rings. The molecule has 34 heavy (non-hydrogen) atoms. The van der Waals surface area contributed by atoms with Crippen molar-refractivity contribution in [2.24, 2.45) is 0 Å². The maximum atomic E-state index is 12.8. The molecule has 1 N–H and O–H groups in total. The molecular formula is C27H31N3O3S. The van der Waals surface area contributed by atoms with Crippen LogP contribution in [0.4, 0.5) is 0 Å². The molecule has 0 radical (unpaired) electrons. The summed E-state index contributed by atoms with van der Waals surface area (Å²) in [5.74, 6) is 0. The van der Waals surface area contributed by atoms with E-state index in [9.17, 15) is 8.42 Å². The van der Waals surface area contributed by atoms with Gasteiger partial charge in [0.2, 0.25) is 10.0 Å². The SMILES string of the molecule is O=S(=O)(NCCCN1CCOCC1)c1cccc(Cc2cccc(/C=C/c3ccncc3)c2)c1. The summed E-state index contributed by atoms with van der Waals surface area (Å²) in [6, 6.07) is 19.4. The number of morpholine rings is 1. The highest BCUT2D eigenvalue weighted by atomic mass is 32.2. The molecule has 0 atom stereocenters. The van der Waals surface area contributed by atoms with Gasteiger partial charge in [-0.1, -0.05) is 48.6 Å². The van der Waals surface area contributed by atoms with Crippen molar-refractivity contribution in [3.8, 4) is 0 Å². The van der Waals surface area contributed by atoms with Crippen LogP contribution >= 0.6 is 0 Å². The van der Waals surface area contributed by atoms with Crippen LogP contribution in [0.25, 0.3) is 12.2 Å². The van der Waals surface area contributed by atoms with Crippen molar-refractivity contribution in [2.75, 3.05) is 39.4 Å². The van der Waals surface area contributed by atoms with Crippen molar-refractivity contribution in [1.29, 1.82) is 0 Å². The highest BCUT2D eigenvalue weighted by Gasteiger charge is 2.15. The average molecular weight is 478 g/mol. The number of nitrogens with one attached hydrogen (secondary N) is 1. The molecule has 1 aromatic heterocycles. The molecule has 2 aromatic carbocycles. The monoisotopic (exact) mass is 477 g/mol. The Labute approximate surface area is 202 Å². The smallest absolute Gasteiger partial charge is 0.240 e. The van der Waals surface area contributed by atoms with E-state index in [1.807, 2.05) is 30.3 Å². The van der Waals surface area contributed by atoms with E-state index in [0.717, 1.165) is 61.5 Å². The molecule has 0 unspecified atom stereocenters. The minimum Gasteiger partial charge on any atom is -0.379 e. The predicted octanol–water partition coefficient (Wildman–Crippen LogP) is 3.84. The standard InChI is InChI=1S/C27H31N3O3S/c31-34(32,29-12-3-15-30-16-18-33-19-17-30)27-7-2-6-26(22-27)21-25-5-1-4-24(20-25)9-8-23-10-13-28-14-11-23/h1-2,4-11,13-14,20,22,29H,3,12,15-19,21H2/b9-8+. The Bertz CT molecular complexity index is 1190. The maximum absolute atomic E-state index is 12.8. The summed E-state index contributed by atoms with van der Waals surface area (Å²) in [4.78, 5) is 6.65. The van der Waals surface area contributed by atoms with Gasteiger partial charge < -0.3 is 4.74 Å². The molecule has 1 aliphatic heterocycles. The lowest BCUT2D eigenvalue weighted by atomic mass is 10.0. The first-order valence-corrected chi connectivity index (χ1v) is 13.1. The molecule has 1 aliphatic rings. The van der Waals surface area contributed by atoms with E-state index in [1.54, 1.807) is 24.5 Å². The number of nitrogens with zero attached hydrogens (tertiary/aromatic N) is 2. The zero-order chi connectivity index (χ0) is 23.6. The fourth-order valence-corrected chi connectivity index (χ4v) is 5.09. The summed E-state index contributed by atoms with van der Waals surface area (Å²) in [5.41, 5.74) is 4.28. The Balaban J connectivity index is 1.35. The summed E-state index contributed by atoms with van der Waals surface area (Å²) in [6.07, 6.45) is 9.11. The second kappa shape index (κ2) is 12.0. The summed E-state index contributed by atoms with van der Waals surface area (Å²) in [7, 11) is -3.53. The molecule has 3 aromatic rings. The van der Waals surface area contributed by atoms with E-state index in [1.165, 1.54) is 0 Å². The Hall–Kier alpha value is -2.84. The van der Waals surface area contributed by atoms with Gasteiger partial charge in [-0.05, 0) is 65.9 Å². The molecule has 4 rings (SSSR count). The molecule has 0 saturated carbocycles. The normalized spacial score (nSPS) is 15.1. The highest BCUT2D eigenvalue weighted by molar-refractivity contribution is 7.89. The van der Waals surface area contributed by atoms with Crippen LogP contribution in [0, 0.1) is 0 Å². The van der Waals surface area contributed by atoms with Gasteiger partial charge in [-0.25, -0.2) is 13.1 Å². The minimum absolute atomic E-state index is 0.310. The van der Waals surface area contributed by atoms with Crippen molar-refractivity contribution >= 4 is 22.2 Å². The number of benzene rings is 2. The van der Waals surface area contributed by atoms with Crippen LogP contribution in [0.2, 0.25) is 0 Å². The summed E-state index contributed by atoms with van der Waals surface area (Å²) < 4.78 is 33.7. The highest BCUT2D eigenvalue weighted by Crippen LogP contribution is 2.17. The average Bonchev–Trinajstić information content (AvgIpc) is 2.87. The van der Waals surface area contributed by atoms with Crippen molar-refractivity contribution in [2.45, 2.75) is 17.7 Å². The number of rotatable bonds is 10. The zero-order valence-electron chi connectivity index (χ0n) is 19.3. The number of aromatic nitrogens is 1. The van der Waals surface area contributed by atoms with E-state index in [4.69, 9.17) is 4.74 Å². The summed E-state index contributed by atoms with van der Waals surface area (Å²) in [6.45, 7) is 4.63. The number of hydrogen-bond donors (Lipinski definition) is 1.